The Bertz CT molecular complexity index is 234. The van der Waals surface area contributed by atoms with Crippen molar-refractivity contribution in [2.45, 2.75) is 66.6 Å². The normalized spacial score (nSPS) is 11.3. The molecule has 0 N–H and O–H groups in total. The Hall–Kier alpha value is 0.960. The van der Waals surface area contributed by atoms with Crippen LogP contribution in [0.3, 0.4) is 0 Å². The van der Waals surface area contributed by atoms with Crippen LogP contribution in [0.1, 0.15) is 48.0 Å². The molecule has 0 bridgehead atoms. The molecule has 0 unspecified atom stereocenters. The summed E-state index contributed by atoms with van der Waals surface area (Å²) < 4.78 is 0. The maximum atomic E-state index is 4.51. The minimum absolute atomic E-state index is 0. The van der Waals surface area contributed by atoms with Gasteiger partial charge < -0.3 is 36.0 Å². The number of allylic oxidation sites excluding steroid dienone is 3. The summed E-state index contributed by atoms with van der Waals surface area (Å²) in [7, 11) is 0.750. The van der Waals surface area contributed by atoms with Crippen LogP contribution in [0.5, 0.6) is 0 Å². The predicted molar refractivity (Wildman–Crippen MR) is 84.1 cm³/mol. The summed E-state index contributed by atoms with van der Waals surface area (Å²) in [4.78, 5) is 0. The zero-order valence-corrected chi connectivity index (χ0v) is 19.3. The zero-order valence-electron chi connectivity index (χ0n) is 14.2. The summed E-state index contributed by atoms with van der Waals surface area (Å²) in [6, 6.07) is 0. The van der Waals surface area contributed by atoms with Gasteiger partial charge in [0.1, 0.15) is 0 Å². The molecule has 0 spiro atoms. The third-order valence-electron chi connectivity index (χ3n) is 1.23. The largest absolute Gasteiger partial charge is 4.00 e. The smallest absolute Gasteiger partial charge is 1.00 e. The summed E-state index contributed by atoms with van der Waals surface area (Å²) in [6.07, 6.45) is 7.28. The van der Waals surface area contributed by atoms with Gasteiger partial charge in [0.2, 0.25) is 0 Å². The van der Waals surface area contributed by atoms with Gasteiger partial charge in [-0.05, 0) is 6.42 Å². The van der Waals surface area contributed by atoms with E-state index in [1.54, 1.807) is 0 Å². The van der Waals surface area contributed by atoms with E-state index in [9.17, 15) is 0 Å². The van der Waals surface area contributed by atoms with Crippen molar-refractivity contribution in [3.8, 4) is 0 Å². The van der Waals surface area contributed by atoms with E-state index in [0.717, 1.165) is 15.9 Å². The molecule has 0 saturated heterocycles. The molecule has 0 aliphatic heterocycles. The second-order valence-electron chi connectivity index (χ2n) is 5.65. The number of nitrogens with zero attached hydrogens (tertiary/aromatic N) is 1. The zero-order chi connectivity index (χ0) is 13.9. The Morgan fingerprint density at radius 2 is 1.45 bits per heavy atom. The summed E-state index contributed by atoms with van der Waals surface area (Å²) in [6.45, 7) is 17.0. The van der Waals surface area contributed by atoms with E-state index in [0.29, 0.717) is 0 Å². The van der Waals surface area contributed by atoms with Gasteiger partial charge in [-0.15, -0.1) is 5.54 Å². The molecule has 1 aliphatic rings. The van der Waals surface area contributed by atoms with Crippen molar-refractivity contribution in [2.24, 2.45) is 0 Å². The Kier molecular flexibility index (Phi) is 32.7. The molecule has 1 rings (SSSR count). The number of halogens is 2. The first-order chi connectivity index (χ1) is 7.72. The molecule has 1 radical (unpaired) electrons. The predicted octanol–water partition coefficient (Wildman–Crippen LogP) is -0.852. The number of rotatable bonds is 1. The van der Waals surface area contributed by atoms with E-state index in [1.807, 2.05) is 0 Å². The topological polar surface area (TPSA) is 14.1 Å². The molecule has 1 nitrogen and oxygen atoms in total. The van der Waals surface area contributed by atoms with Crippen LogP contribution in [0.25, 0.3) is 5.32 Å². The Morgan fingerprint density at radius 3 is 1.65 bits per heavy atom. The van der Waals surface area contributed by atoms with Crippen LogP contribution in [0.4, 0.5) is 0 Å². The Labute approximate surface area is 161 Å². The monoisotopic (exact) mass is 412 g/mol. The standard InChI is InChI=1S/C9H14N.C4H9.C2H7Si.2ClH.Zr/c1-9(2,3)10-8-6-4-5-7-8;1-4(2)3;1-3-2;;;/h4-6H,7H2,1-3H3;1-3H3;3H,1-2H3;2*1H;/q2*-1;;;;+4/p-2. The molecule has 0 aromatic heterocycles. The molecular weight excluding hydrogens is 384 g/mol. The van der Waals surface area contributed by atoms with E-state index in [-0.39, 0.29) is 56.6 Å². The van der Waals surface area contributed by atoms with Gasteiger partial charge in [-0.3, -0.25) is 0 Å². The van der Waals surface area contributed by atoms with Crippen LogP contribution >= 0.6 is 0 Å². The van der Waals surface area contributed by atoms with Crippen LogP contribution in [0.15, 0.2) is 23.9 Å². The third kappa shape index (κ3) is 36.4. The van der Waals surface area contributed by atoms with Crippen molar-refractivity contribution in [2.75, 3.05) is 0 Å². The molecule has 0 aromatic carbocycles. The Morgan fingerprint density at radius 1 is 1.10 bits per heavy atom. The van der Waals surface area contributed by atoms with Crippen LogP contribution in [-0.2, 0) is 26.2 Å². The summed E-state index contributed by atoms with van der Waals surface area (Å²) >= 11 is 0. The number of hydrogen-bond donors (Lipinski definition) is 0. The summed E-state index contributed by atoms with van der Waals surface area (Å²) in [5, 5.41) is 4.51. The molecule has 0 aromatic rings. The van der Waals surface area contributed by atoms with Gasteiger partial charge in [-0.2, -0.15) is 26.5 Å². The maximum Gasteiger partial charge on any atom is 4.00 e. The van der Waals surface area contributed by atoms with Gasteiger partial charge in [0, 0.05) is 9.52 Å². The molecule has 20 heavy (non-hydrogen) atoms. The third-order valence-corrected chi connectivity index (χ3v) is 1.23. The van der Waals surface area contributed by atoms with E-state index in [4.69, 9.17) is 0 Å². The van der Waals surface area contributed by atoms with Crippen molar-refractivity contribution in [3.05, 3.63) is 35.2 Å². The molecule has 0 heterocycles. The molecule has 0 fully saturated rings. The van der Waals surface area contributed by atoms with Crippen LogP contribution in [0.2, 0.25) is 13.1 Å². The van der Waals surface area contributed by atoms with Gasteiger partial charge in [0.05, 0.1) is 0 Å². The minimum Gasteiger partial charge on any atom is -1.00 e. The van der Waals surface area contributed by atoms with E-state index in [2.05, 4.69) is 78.2 Å². The van der Waals surface area contributed by atoms with Gasteiger partial charge >= 0.3 is 26.2 Å². The summed E-state index contributed by atoms with van der Waals surface area (Å²) in [5.41, 5.74) is 1.28. The van der Waals surface area contributed by atoms with Gasteiger partial charge in [-0.1, -0.05) is 52.1 Å². The van der Waals surface area contributed by atoms with Gasteiger partial charge in [-0.25, -0.2) is 0 Å². The number of hydrogen-bond acceptors (Lipinski definition) is 0. The molecule has 0 saturated carbocycles. The molecule has 5 heteroatoms. The molecule has 0 amide bonds. The van der Waals surface area contributed by atoms with Crippen LogP contribution in [-0.4, -0.2) is 15.1 Å². The van der Waals surface area contributed by atoms with Crippen molar-refractivity contribution in [1.82, 2.24) is 0 Å². The fourth-order valence-corrected chi connectivity index (χ4v) is 0.950. The van der Waals surface area contributed by atoms with Gasteiger partial charge in [0.15, 0.2) is 0 Å². The fourth-order valence-electron chi connectivity index (χ4n) is 0.950. The van der Waals surface area contributed by atoms with E-state index < -0.39 is 0 Å². The van der Waals surface area contributed by atoms with Crippen molar-refractivity contribution in [1.29, 1.82) is 0 Å². The molecule has 0 atom stereocenters. The fraction of sp³-hybridized carbons (Fsp3) is 0.667. The minimum atomic E-state index is 0. The average molecular weight is 415 g/mol. The maximum absolute atomic E-state index is 4.51. The van der Waals surface area contributed by atoms with E-state index >= 15 is 0 Å². The molecule has 117 valence electrons. The van der Waals surface area contributed by atoms with Crippen molar-refractivity contribution < 1.29 is 51.0 Å². The van der Waals surface area contributed by atoms with Crippen LogP contribution in [0, 0.1) is 5.92 Å². The second kappa shape index (κ2) is 20.0. The first-order valence-electron chi connectivity index (χ1n) is 6.32. The van der Waals surface area contributed by atoms with Crippen molar-refractivity contribution >= 4 is 9.52 Å². The second-order valence-corrected chi connectivity index (χ2v) is 6.80. The first kappa shape index (κ1) is 32.8. The quantitative estimate of drug-likeness (QED) is 0.392. The Balaban J connectivity index is -0.0000000653. The van der Waals surface area contributed by atoms with E-state index in [1.165, 1.54) is 11.6 Å². The van der Waals surface area contributed by atoms with Crippen molar-refractivity contribution in [3.63, 3.8) is 0 Å². The SMILES string of the molecule is CC(C)(C)[N-]C1=CC=CC1.C[C-](C)C.C[SiH]C.[Cl-].[Cl-].[Zr+4]. The van der Waals surface area contributed by atoms with Crippen LogP contribution < -0.4 is 24.8 Å². The molecule has 1 aliphatic carbocycles. The van der Waals surface area contributed by atoms with Gasteiger partial charge in [0.25, 0.3) is 0 Å². The first-order valence-corrected chi connectivity index (χ1v) is 8.63. The average Bonchev–Trinajstić information content (AvgIpc) is 2.53. The molecular formula is C15H30Cl2NSiZr. The summed E-state index contributed by atoms with van der Waals surface area (Å²) in [5.74, 6) is 1.42.